The van der Waals surface area contributed by atoms with Crippen molar-refractivity contribution < 1.29 is 9.53 Å². The first-order chi connectivity index (χ1) is 12.6. The zero-order valence-electron chi connectivity index (χ0n) is 15.4. The molecule has 0 saturated carbocycles. The molecule has 6 heteroatoms. The fourth-order valence-corrected chi connectivity index (χ4v) is 2.98. The number of hydrogen-bond acceptors (Lipinski definition) is 5. The van der Waals surface area contributed by atoms with Crippen LogP contribution in [-0.2, 0) is 4.74 Å². The molecular weight excluding hydrogens is 328 g/mol. The number of pyridine rings is 1. The van der Waals surface area contributed by atoms with E-state index in [0.717, 1.165) is 50.6 Å². The first-order valence-electron chi connectivity index (χ1n) is 9.00. The lowest BCUT2D eigenvalue weighted by atomic mass is 10.1. The van der Waals surface area contributed by atoms with Gasteiger partial charge in [-0.3, -0.25) is 9.69 Å². The van der Waals surface area contributed by atoms with Gasteiger partial charge in [0, 0.05) is 43.6 Å². The number of benzene rings is 1. The third-order valence-electron chi connectivity index (χ3n) is 4.49. The third-order valence-corrected chi connectivity index (χ3v) is 4.49. The lowest BCUT2D eigenvalue weighted by Gasteiger charge is -2.26. The molecule has 1 aliphatic rings. The number of amides is 1. The second-order valence-electron chi connectivity index (χ2n) is 6.58. The zero-order valence-corrected chi connectivity index (χ0v) is 15.4. The Morgan fingerprint density at radius 1 is 1.19 bits per heavy atom. The SMILES string of the molecule is Cc1ccc(NC(=O)c2ccnc(NCCN3CCOCC3)c2)c(C)c1. The topological polar surface area (TPSA) is 66.5 Å². The number of aryl methyl sites for hydroxylation is 2. The lowest BCUT2D eigenvalue weighted by Crippen LogP contribution is -2.39. The number of hydrogen-bond donors (Lipinski definition) is 2. The molecule has 138 valence electrons. The molecule has 0 radical (unpaired) electrons. The fraction of sp³-hybridized carbons (Fsp3) is 0.400. The molecule has 1 fully saturated rings. The minimum absolute atomic E-state index is 0.129. The van der Waals surface area contributed by atoms with Gasteiger partial charge in [0.1, 0.15) is 5.82 Å². The van der Waals surface area contributed by atoms with Crippen LogP contribution in [0.15, 0.2) is 36.5 Å². The van der Waals surface area contributed by atoms with Crippen molar-refractivity contribution in [1.82, 2.24) is 9.88 Å². The van der Waals surface area contributed by atoms with Crippen LogP contribution in [-0.4, -0.2) is 55.2 Å². The smallest absolute Gasteiger partial charge is 0.255 e. The van der Waals surface area contributed by atoms with Crippen molar-refractivity contribution in [3.63, 3.8) is 0 Å². The molecule has 1 aromatic heterocycles. The van der Waals surface area contributed by atoms with Crippen molar-refractivity contribution in [2.24, 2.45) is 0 Å². The minimum atomic E-state index is -0.129. The van der Waals surface area contributed by atoms with Crippen molar-refractivity contribution in [1.29, 1.82) is 0 Å². The van der Waals surface area contributed by atoms with Crippen molar-refractivity contribution in [3.05, 3.63) is 53.2 Å². The van der Waals surface area contributed by atoms with Gasteiger partial charge in [-0.15, -0.1) is 0 Å². The van der Waals surface area contributed by atoms with E-state index < -0.39 is 0 Å². The van der Waals surface area contributed by atoms with Crippen LogP contribution in [0.4, 0.5) is 11.5 Å². The molecule has 26 heavy (non-hydrogen) atoms. The Labute approximate surface area is 154 Å². The number of carbonyl (C=O) groups is 1. The van der Waals surface area contributed by atoms with Gasteiger partial charge in [0.25, 0.3) is 5.91 Å². The van der Waals surface area contributed by atoms with Gasteiger partial charge >= 0.3 is 0 Å². The van der Waals surface area contributed by atoms with Crippen LogP contribution in [0.2, 0.25) is 0 Å². The molecule has 0 bridgehead atoms. The van der Waals surface area contributed by atoms with Crippen LogP contribution in [0.5, 0.6) is 0 Å². The fourth-order valence-electron chi connectivity index (χ4n) is 2.98. The second kappa shape index (κ2) is 8.78. The molecule has 1 amide bonds. The molecule has 1 aromatic carbocycles. The number of rotatable bonds is 6. The standard InChI is InChI=1S/C20H26N4O2/c1-15-3-4-18(16(2)13-15)23-20(25)17-5-6-21-19(14-17)22-7-8-24-9-11-26-12-10-24/h3-6,13-14H,7-12H2,1-2H3,(H,21,22)(H,23,25). The summed E-state index contributed by atoms with van der Waals surface area (Å²) >= 11 is 0. The number of ether oxygens (including phenoxy) is 1. The molecule has 3 rings (SSSR count). The Kier molecular flexibility index (Phi) is 6.20. The molecule has 2 heterocycles. The summed E-state index contributed by atoms with van der Waals surface area (Å²) in [4.78, 5) is 19.2. The van der Waals surface area contributed by atoms with Crippen LogP contribution in [0, 0.1) is 13.8 Å². The van der Waals surface area contributed by atoms with E-state index in [1.165, 1.54) is 5.56 Å². The van der Waals surface area contributed by atoms with E-state index in [0.29, 0.717) is 11.4 Å². The Morgan fingerprint density at radius 2 is 2.00 bits per heavy atom. The van der Waals surface area contributed by atoms with E-state index in [1.54, 1.807) is 18.3 Å². The monoisotopic (exact) mass is 354 g/mol. The van der Waals surface area contributed by atoms with E-state index in [-0.39, 0.29) is 5.91 Å². The van der Waals surface area contributed by atoms with Gasteiger partial charge in [-0.25, -0.2) is 4.98 Å². The highest BCUT2D eigenvalue weighted by Crippen LogP contribution is 2.17. The van der Waals surface area contributed by atoms with Crippen LogP contribution in [0.25, 0.3) is 0 Å². The van der Waals surface area contributed by atoms with E-state index >= 15 is 0 Å². The van der Waals surface area contributed by atoms with E-state index in [1.807, 2.05) is 26.0 Å². The first kappa shape index (κ1) is 18.4. The Morgan fingerprint density at radius 3 is 2.77 bits per heavy atom. The largest absolute Gasteiger partial charge is 0.379 e. The normalized spacial score (nSPS) is 14.8. The average Bonchev–Trinajstić information content (AvgIpc) is 2.65. The van der Waals surface area contributed by atoms with Crippen molar-refractivity contribution in [3.8, 4) is 0 Å². The quantitative estimate of drug-likeness (QED) is 0.835. The summed E-state index contributed by atoms with van der Waals surface area (Å²) in [6.07, 6.45) is 1.66. The number of nitrogens with one attached hydrogen (secondary N) is 2. The number of aromatic nitrogens is 1. The summed E-state index contributed by atoms with van der Waals surface area (Å²) in [6, 6.07) is 9.50. The lowest BCUT2D eigenvalue weighted by molar-refractivity contribution is 0.0398. The highest BCUT2D eigenvalue weighted by Gasteiger charge is 2.11. The molecule has 2 aromatic rings. The zero-order chi connectivity index (χ0) is 18.4. The summed E-state index contributed by atoms with van der Waals surface area (Å²) in [5.74, 6) is 0.585. The molecule has 1 aliphatic heterocycles. The van der Waals surface area contributed by atoms with Crippen molar-refractivity contribution in [2.75, 3.05) is 50.0 Å². The van der Waals surface area contributed by atoms with Crippen LogP contribution < -0.4 is 10.6 Å². The molecule has 0 atom stereocenters. The highest BCUT2D eigenvalue weighted by molar-refractivity contribution is 6.05. The molecular formula is C20H26N4O2. The maximum absolute atomic E-state index is 12.5. The van der Waals surface area contributed by atoms with E-state index in [4.69, 9.17) is 4.74 Å². The molecule has 0 spiro atoms. The van der Waals surface area contributed by atoms with Gasteiger partial charge < -0.3 is 15.4 Å². The predicted octanol–water partition coefficient (Wildman–Crippen LogP) is 2.69. The van der Waals surface area contributed by atoms with E-state index in [2.05, 4.69) is 26.6 Å². The molecule has 1 saturated heterocycles. The number of nitrogens with zero attached hydrogens (tertiary/aromatic N) is 2. The Balaban J connectivity index is 1.56. The maximum atomic E-state index is 12.5. The maximum Gasteiger partial charge on any atom is 0.255 e. The van der Waals surface area contributed by atoms with Crippen molar-refractivity contribution >= 4 is 17.4 Å². The van der Waals surface area contributed by atoms with E-state index in [9.17, 15) is 4.79 Å². The molecule has 6 nitrogen and oxygen atoms in total. The Hall–Kier alpha value is -2.44. The Bertz CT molecular complexity index is 757. The average molecular weight is 354 g/mol. The molecule has 0 aliphatic carbocycles. The van der Waals surface area contributed by atoms with Gasteiger partial charge in [-0.2, -0.15) is 0 Å². The van der Waals surface area contributed by atoms with Crippen LogP contribution in [0.1, 0.15) is 21.5 Å². The van der Waals surface area contributed by atoms with Gasteiger partial charge in [0.15, 0.2) is 0 Å². The third kappa shape index (κ3) is 5.03. The van der Waals surface area contributed by atoms with Crippen LogP contribution in [0.3, 0.4) is 0 Å². The number of morpholine rings is 1. The van der Waals surface area contributed by atoms with Crippen molar-refractivity contribution in [2.45, 2.75) is 13.8 Å². The summed E-state index contributed by atoms with van der Waals surface area (Å²) in [5.41, 5.74) is 3.65. The van der Waals surface area contributed by atoms with Gasteiger partial charge in [0.2, 0.25) is 0 Å². The molecule has 2 N–H and O–H groups in total. The predicted molar refractivity (Wildman–Crippen MR) is 104 cm³/mol. The minimum Gasteiger partial charge on any atom is -0.379 e. The summed E-state index contributed by atoms with van der Waals surface area (Å²) < 4.78 is 5.35. The summed E-state index contributed by atoms with van der Waals surface area (Å²) in [7, 11) is 0. The van der Waals surface area contributed by atoms with Gasteiger partial charge in [-0.05, 0) is 37.6 Å². The summed E-state index contributed by atoms with van der Waals surface area (Å²) in [5, 5.41) is 6.27. The van der Waals surface area contributed by atoms with Gasteiger partial charge in [0.05, 0.1) is 13.2 Å². The molecule has 0 unspecified atom stereocenters. The number of carbonyl (C=O) groups excluding carboxylic acids is 1. The summed E-state index contributed by atoms with van der Waals surface area (Å²) in [6.45, 7) is 9.28. The first-order valence-corrected chi connectivity index (χ1v) is 9.00. The van der Waals surface area contributed by atoms with Crippen LogP contribution >= 0.6 is 0 Å². The highest BCUT2D eigenvalue weighted by atomic mass is 16.5. The van der Waals surface area contributed by atoms with Gasteiger partial charge in [-0.1, -0.05) is 17.7 Å². The number of anilines is 2. The second-order valence-corrected chi connectivity index (χ2v) is 6.58.